The lowest BCUT2D eigenvalue weighted by Gasteiger charge is -2.12. The molecule has 0 fully saturated rings. The van der Waals surface area contributed by atoms with Crippen LogP contribution in [0.25, 0.3) is 6.08 Å². The molecule has 0 aromatic heterocycles. The van der Waals surface area contributed by atoms with Crippen molar-refractivity contribution < 1.29 is 24.0 Å². The van der Waals surface area contributed by atoms with Gasteiger partial charge in [-0.3, -0.25) is 24.5 Å². The molecule has 0 aliphatic rings. The second-order valence-electron chi connectivity index (χ2n) is 8.86. The molecule has 0 saturated carbocycles. The van der Waals surface area contributed by atoms with Crippen LogP contribution in [0.1, 0.15) is 15.9 Å². The van der Waals surface area contributed by atoms with Gasteiger partial charge >= 0.3 is 0 Å². The van der Waals surface area contributed by atoms with E-state index in [1.54, 1.807) is 78.9 Å². The lowest BCUT2D eigenvalue weighted by atomic mass is 10.1. The zero-order chi connectivity index (χ0) is 30.8. The molecule has 0 radical (unpaired) electrons. The average molecular weight is 617 g/mol. The van der Waals surface area contributed by atoms with Crippen LogP contribution in [0.5, 0.6) is 5.75 Å². The van der Waals surface area contributed by atoms with Crippen LogP contribution in [0, 0.1) is 10.1 Å². The lowest BCUT2D eigenvalue weighted by Crippen LogP contribution is -2.30. The van der Waals surface area contributed by atoms with Crippen LogP contribution in [-0.2, 0) is 9.59 Å². The number of anilines is 2. The van der Waals surface area contributed by atoms with Crippen LogP contribution in [0.4, 0.5) is 17.1 Å². The van der Waals surface area contributed by atoms with Gasteiger partial charge in [-0.25, -0.2) is 0 Å². The molecule has 0 spiro atoms. The van der Waals surface area contributed by atoms with Crippen molar-refractivity contribution >= 4 is 64.2 Å². The summed E-state index contributed by atoms with van der Waals surface area (Å²) < 4.78 is 5.12. The normalized spacial score (nSPS) is 10.9. The van der Waals surface area contributed by atoms with Gasteiger partial charge < -0.3 is 20.7 Å². The first-order chi connectivity index (χ1) is 20.7. The summed E-state index contributed by atoms with van der Waals surface area (Å²) in [6, 6.07) is 25.8. The van der Waals surface area contributed by atoms with Crippen molar-refractivity contribution in [3.05, 3.63) is 129 Å². The van der Waals surface area contributed by atoms with Crippen molar-refractivity contribution in [3.63, 3.8) is 0 Å². The second kappa shape index (κ2) is 14.7. The van der Waals surface area contributed by atoms with Crippen LogP contribution in [0.15, 0.2) is 108 Å². The van der Waals surface area contributed by atoms with Gasteiger partial charge in [0.2, 0.25) is 5.91 Å². The van der Waals surface area contributed by atoms with E-state index in [9.17, 15) is 24.5 Å². The number of benzene rings is 4. The quantitative estimate of drug-likeness (QED) is 0.0767. The van der Waals surface area contributed by atoms with E-state index in [0.717, 1.165) is 0 Å². The molecule has 4 rings (SSSR count). The third kappa shape index (κ3) is 8.68. The van der Waals surface area contributed by atoms with Crippen molar-refractivity contribution in [1.82, 2.24) is 5.32 Å². The molecule has 0 heterocycles. The number of amides is 3. The molecule has 4 aromatic rings. The first-order valence-corrected chi connectivity index (χ1v) is 14.1. The van der Waals surface area contributed by atoms with Crippen LogP contribution < -0.4 is 20.7 Å². The van der Waals surface area contributed by atoms with Crippen molar-refractivity contribution in [2.75, 3.05) is 23.5 Å². The van der Waals surface area contributed by atoms with Gasteiger partial charge in [-0.05, 0) is 60.7 Å². The Bertz CT molecular complexity index is 1700. The first kappa shape index (κ1) is 30.8. The molecule has 3 amide bonds. The Morgan fingerprint density at radius 3 is 2.35 bits per heavy atom. The third-order valence-electron chi connectivity index (χ3n) is 5.86. The maximum Gasteiger partial charge on any atom is 0.276 e. The number of rotatable bonds is 11. The van der Waals surface area contributed by atoms with E-state index in [2.05, 4.69) is 16.0 Å². The van der Waals surface area contributed by atoms with Crippen LogP contribution >= 0.6 is 23.4 Å². The van der Waals surface area contributed by atoms with Crippen LogP contribution in [-0.4, -0.2) is 35.5 Å². The summed E-state index contributed by atoms with van der Waals surface area (Å²) in [5, 5.41) is 20.0. The highest BCUT2D eigenvalue weighted by Crippen LogP contribution is 2.28. The summed E-state index contributed by atoms with van der Waals surface area (Å²) in [6.07, 6.45) is 1.25. The number of thioether (sulfide) groups is 1. The van der Waals surface area contributed by atoms with E-state index < -0.39 is 16.7 Å². The van der Waals surface area contributed by atoms with Crippen molar-refractivity contribution in [2.45, 2.75) is 4.90 Å². The predicted octanol–water partition coefficient (Wildman–Crippen LogP) is 6.40. The van der Waals surface area contributed by atoms with Crippen LogP contribution in [0.2, 0.25) is 5.02 Å². The summed E-state index contributed by atoms with van der Waals surface area (Å²) in [5.41, 5.74) is 0.929. The van der Waals surface area contributed by atoms with Gasteiger partial charge in [-0.2, -0.15) is 0 Å². The van der Waals surface area contributed by atoms with Gasteiger partial charge in [0.05, 0.1) is 28.4 Å². The fraction of sp³-hybridized carbons (Fsp3) is 0.0645. The zero-order valence-corrected chi connectivity index (χ0v) is 24.3. The number of para-hydroxylation sites is 1. The molecule has 0 atom stereocenters. The minimum atomic E-state index is -0.696. The molecule has 4 aromatic carbocycles. The number of methoxy groups -OCH3 is 1. The third-order valence-corrected chi connectivity index (χ3v) is 7.15. The van der Waals surface area contributed by atoms with E-state index in [1.165, 1.54) is 43.1 Å². The smallest absolute Gasteiger partial charge is 0.276 e. The molecule has 10 nitrogen and oxygen atoms in total. The summed E-state index contributed by atoms with van der Waals surface area (Å²) in [6.45, 7) is 0. The Labute approximate surface area is 256 Å². The van der Waals surface area contributed by atoms with Crippen molar-refractivity contribution in [1.29, 1.82) is 0 Å². The molecule has 0 aliphatic carbocycles. The van der Waals surface area contributed by atoms with Gasteiger partial charge in [0, 0.05) is 27.9 Å². The number of halogens is 1. The molecule has 3 N–H and O–H groups in total. The van der Waals surface area contributed by atoms with Gasteiger partial charge in [0.1, 0.15) is 11.4 Å². The van der Waals surface area contributed by atoms with E-state index in [1.807, 2.05) is 0 Å². The van der Waals surface area contributed by atoms with E-state index >= 15 is 0 Å². The Kier molecular flexibility index (Phi) is 10.5. The topological polar surface area (TPSA) is 140 Å². The summed E-state index contributed by atoms with van der Waals surface area (Å²) in [4.78, 5) is 50.4. The molecule has 0 aliphatic heterocycles. The summed E-state index contributed by atoms with van der Waals surface area (Å²) >= 11 is 7.36. The standard InChI is InChI=1S/C31H25ClN4O6S/c1-42-28-15-14-23(18-25(28)32)33-29(37)19-43-24-12-7-11-22(17-24)34-31(39)26(35-30(38)20-8-3-2-4-9-20)16-21-10-5-6-13-27(21)36(40)41/h2-18H,19H2,1H3,(H,33,37)(H,34,39)(H,35,38)/b26-16+. The predicted molar refractivity (Wildman–Crippen MR) is 167 cm³/mol. The van der Waals surface area contributed by atoms with Gasteiger partial charge in [-0.1, -0.05) is 48.0 Å². The van der Waals surface area contributed by atoms with Gasteiger partial charge in [0.15, 0.2) is 0 Å². The van der Waals surface area contributed by atoms with E-state index in [-0.39, 0.29) is 28.6 Å². The maximum absolute atomic E-state index is 13.4. The number of nitro groups is 1. The van der Waals surface area contributed by atoms with E-state index in [4.69, 9.17) is 16.3 Å². The number of hydrogen-bond acceptors (Lipinski definition) is 7. The molecular weight excluding hydrogens is 592 g/mol. The largest absolute Gasteiger partial charge is 0.495 e. The molecule has 0 bridgehead atoms. The number of carbonyl (C=O) groups excluding carboxylic acids is 3. The number of carbonyl (C=O) groups is 3. The van der Waals surface area contributed by atoms with Gasteiger partial charge in [-0.15, -0.1) is 11.8 Å². The SMILES string of the molecule is COc1ccc(NC(=O)CSc2cccc(NC(=O)/C(=C\c3ccccc3[N+](=O)[O-])NC(=O)c3ccccc3)c2)cc1Cl. The molecule has 12 heteroatoms. The fourth-order valence-electron chi connectivity index (χ4n) is 3.83. The Morgan fingerprint density at radius 1 is 0.907 bits per heavy atom. The molecular formula is C31H25ClN4O6S. The highest BCUT2D eigenvalue weighted by atomic mass is 35.5. The van der Waals surface area contributed by atoms with Crippen molar-refractivity contribution in [2.24, 2.45) is 0 Å². The number of nitro benzene ring substituents is 1. The summed E-state index contributed by atoms with van der Waals surface area (Å²) in [5.74, 6) is -0.948. The number of hydrogen-bond donors (Lipinski definition) is 3. The van der Waals surface area contributed by atoms with Crippen molar-refractivity contribution in [3.8, 4) is 5.75 Å². The fourth-order valence-corrected chi connectivity index (χ4v) is 4.84. The second-order valence-corrected chi connectivity index (χ2v) is 10.3. The lowest BCUT2D eigenvalue weighted by molar-refractivity contribution is -0.385. The number of nitrogens with one attached hydrogen (secondary N) is 3. The molecule has 0 saturated heterocycles. The summed E-state index contributed by atoms with van der Waals surface area (Å²) in [7, 11) is 1.50. The molecule has 43 heavy (non-hydrogen) atoms. The Hall–Kier alpha value is -5.13. The average Bonchev–Trinajstić information content (AvgIpc) is 3.00. The number of nitrogens with zero attached hydrogens (tertiary/aromatic N) is 1. The maximum atomic E-state index is 13.4. The minimum Gasteiger partial charge on any atom is -0.495 e. The molecule has 218 valence electrons. The monoisotopic (exact) mass is 616 g/mol. The van der Waals surface area contributed by atoms with Crippen LogP contribution in [0.3, 0.4) is 0 Å². The Balaban J connectivity index is 1.48. The highest BCUT2D eigenvalue weighted by Gasteiger charge is 2.18. The van der Waals surface area contributed by atoms with E-state index in [0.29, 0.717) is 32.6 Å². The Morgan fingerprint density at radius 2 is 1.63 bits per heavy atom. The minimum absolute atomic E-state index is 0.0804. The zero-order valence-electron chi connectivity index (χ0n) is 22.7. The van der Waals surface area contributed by atoms with Gasteiger partial charge in [0.25, 0.3) is 17.5 Å². The first-order valence-electron chi connectivity index (χ1n) is 12.7. The highest BCUT2D eigenvalue weighted by molar-refractivity contribution is 8.00. The molecule has 0 unspecified atom stereocenters. The number of ether oxygens (including phenoxy) is 1.